The highest BCUT2D eigenvalue weighted by Gasteiger charge is 2.31. The Morgan fingerprint density at radius 1 is 0.786 bits per heavy atom. The first-order valence-corrected chi connectivity index (χ1v) is 9.55. The topological polar surface area (TPSA) is 18.5 Å². The van der Waals surface area contributed by atoms with Gasteiger partial charge in [0.05, 0.1) is 6.61 Å². The van der Waals surface area contributed by atoms with E-state index in [1.54, 1.807) is 19.1 Å². The molecule has 0 radical (unpaired) electrons. The molecule has 0 atom stereocenters. The lowest BCUT2D eigenvalue weighted by Gasteiger charge is -2.18. The molecule has 2 rings (SSSR count). The van der Waals surface area contributed by atoms with E-state index in [2.05, 4.69) is 6.92 Å². The minimum Gasteiger partial charge on any atom is -0.491 e. The van der Waals surface area contributed by atoms with Gasteiger partial charge in [0.25, 0.3) is 5.92 Å². The SMILES string of the molecule is CCCCCc1ccc(CC(F)(F)COc2ccc(OCC)c(F)c2F)cc1. The van der Waals surface area contributed by atoms with Crippen LogP contribution in [0, 0.1) is 11.6 Å². The van der Waals surface area contributed by atoms with Gasteiger partial charge in [0, 0.05) is 6.42 Å². The monoisotopic (exact) mass is 398 g/mol. The maximum atomic E-state index is 14.2. The van der Waals surface area contributed by atoms with Gasteiger partial charge >= 0.3 is 0 Å². The van der Waals surface area contributed by atoms with Gasteiger partial charge in [-0.05, 0) is 43.0 Å². The number of benzene rings is 2. The summed E-state index contributed by atoms with van der Waals surface area (Å²) in [5, 5.41) is 0. The maximum Gasteiger partial charge on any atom is 0.285 e. The molecule has 2 aromatic rings. The molecular weight excluding hydrogens is 372 g/mol. The molecule has 0 aliphatic rings. The molecule has 0 amide bonds. The zero-order valence-corrected chi connectivity index (χ0v) is 16.2. The van der Waals surface area contributed by atoms with Crippen LogP contribution in [0.3, 0.4) is 0 Å². The number of ether oxygens (including phenoxy) is 2. The van der Waals surface area contributed by atoms with Crippen LogP contribution in [-0.2, 0) is 12.8 Å². The highest BCUT2D eigenvalue weighted by molar-refractivity contribution is 5.35. The Morgan fingerprint density at radius 2 is 1.36 bits per heavy atom. The summed E-state index contributed by atoms with van der Waals surface area (Å²) in [5.41, 5.74) is 1.58. The van der Waals surface area contributed by atoms with Crippen molar-refractivity contribution in [2.75, 3.05) is 13.2 Å². The van der Waals surface area contributed by atoms with Crippen LogP contribution in [0.2, 0.25) is 0 Å². The lowest BCUT2D eigenvalue weighted by atomic mass is 10.0. The molecule has 0 aromatic heterocycles. The van der Waals surface area contributed by atoms with E-state index in [1.165, 1.54) is 0 Å². The molecule has 154 valence electrons. The molecular formula is C22H26F4O2. The van der Waals surface area contributed by atoms with Gasteiger partial charge in [-0.1, -0.05) is 44.0 Å². The van der Waals surface area contributed by atoms with Crippen LogP contribution in [0.25, 0.3) is 0 Å². The van der Waals surface area contributed by atoms with Crippen molar-refractivity contribution in [1.82, 2.24) is 0 Å². The van der Waals surface area contributed by atoms with Crippen LogP contribution in [-0.4, -0.2) is 19.1 Å². The standard InChI is InChI=1S/C22H26F4O2/c1-3-5-6-7-16-8-10-17(11-9-16)14-22(25,26)15-28-19-13-12-18(27-4-2)20(23)21(19)24/h8-13H,3-7,14-15H2,1-2H3. The highest BCUT2D eigenvalue weighted by Crippen LogP contribution is 2.29. The minimum atomic E-state index is -3.22. The smallest absolute Gasteiger partial charge is 0.285 e. The van der Waals surface area contributed by atoms with Gasteiger partial charge in [-0.25, -0.2) is 8.78 Å². The van der Waals surface area contributed by atoms with Gasteiger partial charge in [-0.15, -0.1) is 0 Å². The van der Waals surface area contributed by atoms with Crippen LogP contribution in [0.5, 0.6) is 11.5 Å². The fraction of sp³-hybridized carbons (Fsp3) is 0.455. The van der Waals surface area contributed by atoms with Crippen molar-refractivity contribution in [2.45, 2.75) is 51.9 Å². The molecule has 28 heavy (non-hydrogen) atoms. The van der Waals surface area contributed by atoms with Crippen molar-refractivity contribution in [2.24, 2.45) is 0 Å². The van der Waals surface area contributed by atoms with E-state index >= 15 is 0 Å². The molecule has 0 bridgehead atoms. The third kappa shape index (κ3) is 6.43. The van der Waals surface area contributed by atoms with Crippen LogP contribution < -0.4 is 9.47 Å². The Balaban J connectivity index is 1.94. The zero-order valence-electron chi connectivity index (χ0n) is 16.2. The van der Waals surface area contributed by atoms with Gasteiger partial charge in [-0.2, -0.15) is 8.78 Å². The minimum absolute atomic E-state index is 0.159. The van der Waals surface area contributed by atoms with Gasteiger partial charge < -0.3 is 9.47 Å². The molecule has 2 nitrogen and oxygen atoms in total. The van der Waals surface area contributed by atoms with E-state index in [0.29, 0.717) is 5.56 Å². The van der Waals surface area contributed by atoms with Crippen LogP contribution in [0.15, 0.2) is 36.4 Å². The fourth-order valence-electron chi connectivity index (χ4n) is 2.83. The van der Waals surface area contributed by atoms with E-state index in [4.69, 9.17) is 9.47 Å². The maximum absolute atomic E-state index is 14.2. The van der Waals surface area contributed by atoms with Crippen LogP contribution in [0.4, 0.5) is 17.6 Å². The quantitative estimate of drug-likeness (QED) is 0.324. The van der Waals surface area contributed by atoms with Crippen molar-refractivity contribution in [3.05, 3.63) is 59.2 Å². The lowest BCUT2D eigenvalue weighted by molar-refractivity contribution is -0.0410. The second-order valence-corrected chi connectivity index (χ2v) is 6.72. The predicted molar refractivity (Wildman–Crippen MR) is 101 cm³/mol. The summed E-state index contributed by atoms with van der Waals surface area (Å²) in [6.07, 6.45) is 3.73. The predicted octanol–water partition coefficient (Wildman–Crippen LogP) is 6.35. The Kier molecular flexibility index (Phi) is 8.15. The lowest BCUT2D eigenvalue weighted by Crippen LogP contribution is -2.28. The summed E-state index contributed by atoms with van der Waals surface area (Å²) < 4.78 is 65.9. The van der Waals surface area contributed by atoms with Crippen LogP contribution in [0.1, 0.15) is 44.2 Å². The molecule has 0 unspecified atom stereocenters. The first-order chi connectivity index (χ1) is 13.4. The van der Waals surface area contributed by atoms with E-state index in [-0.39, 0.29) is 12.4 Å². The van der Waals surface area contributed by atoms with E-state index < -0.39 is 36.3 Å². The number of rotatable bonds is 11. The Labute approximate surface area is 163 Å². The number of aryl methyl sites for hydroxylation is 1. The average Bonchev–Trinajstić information content (AvgIpc) is 2.66. The molecule has 0 aliphatic carbocycles. The Morgan fingerprint density at radius 3 is 1.93 bits per heavy atom. The molecule has 2 aromatic carbocycles. The third-order valence-corrected chi connectivity index (χ3v) is 4.30. The fourth-order valence-corrected chi connectivity index (χ4v) is 2.83. The Bertz CT molecular complexity index is 745. The largest absolute Gasteiger partial charge is 0.491 e. The van der Waals surface area contributed by atoms with Gasteiger partial charge in [0.1, 0.15) is 0 Å². The summed E-state index contributed by atoms with van der Waals surface area (Å²) in [6, 6.07) is 9.29. The highest BCUT2D eigenvalue weighted by atomic mass is 19.3. The first kappa shape index (κ1) is 22.1. The van der Waals surface area contributed by atoms with Crippen LogP contribution >= 0.6 is 0 Å². The van der Waals surface area contributed by atoms with E-state index in [0.717, 1.165) is 43.4 Å². The average molecular weight is 398 g/mol. The molecule has 0 spiro atoms. The van der Waals surface area contributed by atoms with Crippen molar-refractivity contribution in [3.63, 3.8) is 0 Å². The molecule has 0 N–H and O–H groups in total. The van der Waals surface area contributed by atoms with Crippen molar-refractivity contribution >= 4 is 0 Å². The van der Waals surface area contributed by atoms with Gasteiger partial charge in [0.15, 0.2) is 18.1 Å². The molecule has 0 saturated heterocycles. The zero-order chi connectivity index (χ0) is 20.6. The number of alkyl halides is 2. The molecule has 6 heteroatoms. The number of hydrogen-bond donors (Lipinski definition) is 0. The summed E-state index contributed by atoms with van der Waals surface area (Å²) in [6.45, 7) is 2.86. The molecule has 0 heterocycles. The molecule has 0 aliphatic heterocycles. The molecule has 0 saturated carbocycles. The van der Waals surface area contributed by atoms with Crippen molar-refractivity contribution < 1.29 is 27.0 Å². The second-order valence-electron chi connectivity index (χ2n) is 6.72. The van der Waals surface area contributed by atoms with Crippen molar-refractivity contribution in [3.8, 4) is 11.5 Å². The first-order valence-electron chi connectivity index (χ1n) is 9.55. The summed E-state index contributed by atoms with van der Waals surface area (Å²) in [5.74, 6) is -6.64. The number of hydrogen-bond acceptors (Lipinski definition) is 2. The van der Waals surface area contributed by atoms with E-state index in [1.807, 2.05) is 12.1 Å². The second kappa shape index (κ2) is 10.3. The molecule has 0 fully saturated rings. The normalized spacial score (nSPS) is 11.5. The van der Waals surface area contributed by atoms with Crippen molar-refractivity contribution in [1.29, 1.82) is 0 Å². The third-order valence-electron chi connectivity index (χ3n) is 4.30. The number of unbranched alkanes of at least 4 members (excludes halogenated alkanes) is 2. The van der Waals surface area contributed by atoms with E-state index in [9.17, 15) is 17.6 Å². The van der Waals surface area contributed by atoms with Gasteiger partial charge in [-0.3, -0.25) is 0 Å². The Hall–Kier alpha value is -2.24. The summed E-state index contributed by atoms with van der Waals surface area (Å²) in [7, 11) is 0. The summed E-state index contributed by atoms with van der Waals surface area (Å²) >= 11 is 0. The van der Waals surface area contributed by atoms with Gasteiger partial charge in [0.2, 0.25) is 11.6 Å². The summed E-state index contributed by atoms with van der Waals surface area (Å²) in [4.78, 5) is 0. The number of halogens is 4.